The summed E-state index contributed by atoms with van der Waals surface area (Å²) >= 11 is 0. The van der Waals surface area contributed by atoms with Gasteiger partial charge in [0, 0.05) is 24.2 Å². The molecule has 102 valence electrons. The van der Waals surface area contributed by atoms with Gasteiger partial charge in [0.2, 0.25) is 0 Å². The van der Waals surface area contributed by atoms with Crippen molar-refractivity contribution in [1.82, 2.24) is 10.2 Å². The summed E-state index contributed by atoms with van der Waals surface area (Å²) < 4.78 is 13.7. The quantitative estimate of drug-likeness (QED) is 0.801. The van der Waals surface area contributed by atoms with Crippen LogP contribution in [0.5, 0.6) is 0 Å². The van der Waals surface area contributed by atoms with Crippen molar-refractivity contribution in [3.63, 3.8) is 0 Å². The van der Waals surface area contributed by atoms with Gasteiger partial charge in [0.1, 0.15) is 5.82 Å². The Balaban J connectivity index is 2.56. The van der Waals surface area contributed by atoms with Crippen molar-refractivity contribution in [3.8, 4) is 0 Å². The molecule has 3 heteroatoms. The van der Waals surface area contributed by atoms with Gasteiger partial charge < -0.3 is 5.32 Å². The molecular weight excluding hydrogens is 227 g/mol. The first-order chi connectivity index (χ1) is 8.56. The second-order valence-corrected chi connectivity index (χ2v) is 4.99. The molecule has 0 aliphatic carbocycles. The van der Waals surface area contributed by atoms with Crippen LogP contribution in [-0.2, 0) is 0 Å². The molecule has 0 heterocycles. The van der Waals surface area contributed by atoms with Crippen LogP contribution in [0.4, 0.5) is 4.39 Å². The normalized spacial score (nSPS) is 14.8. The van der Waals surface area contributed by atoms with Crippen molar-refractivity contribution in [3.05, 3.63) is 35.6 Å². The Morgan fingerprint density at radius 1 is 1.28 bits per heavy atom. The van der Waals surface area contributed by atoms with Crippen LogP contribution >= 0.6 is 0 Å². The van der Waals surface area contributed by atoms with E-state index in [1.54, 1.807) is 6.07 Å². The SMILES string of the molecule is CCCNC(C)CN(C)C(C)c1ccccc1F. The molecule has 1 rings (SSSR count). The predicted octanol–water partition coefficient (Wildman–Crippen LogP) is 3.21. The van der Waals surface area contributed by atoms with Crippen LogP contribution in [0.3, 0.4) is 0 Å². The highest BCUT2D eigenvalue weighted by Crippen LogP contribution is 2.21. The van der Waals surface area contributed by atoms with Crippen LogP contribution in [0.25, 0.3) is 0 Å². The third-order valence-corrected chi connectivity index (χ3v) is 3.32. The van der Waals surface area contributed by atoms with Crippen molar-refractivity contribution in [2.45, 2.75) is 39.3 Å². The van der Waals surface area contributed by atoms with Crippen molar-refractivity contribution in [1.29, 1.82) is 0 Å². The van der Waals surface area contributed by atoms with Crippen LogP contribution in [0.15, 0.2) is 24.3 Å². The molecule has 0 saturated heterocycles. The molecule has 0 fully saturated rings. The van der Waals surface area contributed by atoms with E-state index in [0.717, 1.165) is 25.1 Å². The molecule has 2 unspecified atom stereocenters. The fourth-order valence-corrected chi connectivity index (χ4v) is 2.10. The van der Waals surface area contributed by atoms with Gasteiger partial charge in [-0.2, -0.15) is 0 Å². The maximum atomic E-state index is 13.7. The molecule has 2 nitrogen and oxygen atoms in total. The van der Waals surface area contributed by atoms with E-state index in [4.69, 9.17) is 0 Å². The summed E-state index contributed by atoms with van der Waals surface area (Å²) in [6.07, 6.45) is 1.14. The van der Waals surface area contributed by atoms with E-state index in [2.05, 4.69) is 24.1 Å². The average molecular weight is 252 g/mol. The van der Waals surface area contributed by atoms with Crippen molar-refractivity contribution < 1.29 is 4.39 Å². The van der Waals surface area contributed by atoms with Gasteiger partial charge in [0.25, 0.3) is 0 Å². The third-order valence-electron chi connectivity index (χ3n) is 3.32. The highest BCUT2D eigenvalue weighted by Gasteiger charge is 2.16. The molecule has 0 saturated carbocycles. The van der Waals surface area contributed by atoms with E-state index in [0.29, 0.717) is 6.04 Å². The summed E-state index contributed by atoms with van der Waals surface area (Å²) in [6, 6.07) is 7.53. The predicted molar refractivity (Wildman–Crippen MR) is 75.2 cm³/mol. The molecule has 0 aliphatic rings. The highest BCUT2D eigenvalue weighted by atomic mass is 19.1. The lowest BCUT2D eigenvalue weighted by Crippen LogP contribution is -2.38. The Bertz CT molecular complexity index is 354. The molecule has 0 aromatic heterocycles. The van der Waals surface area contributed by atoms with Crippen LogP contribution in [0.2, 0.25) is 0 Å². The molecule has 18 heavy (non-hydrogen) atoms. The molecular formula is C15H25FN2. The topological polar surface area (TPSA) is 15.3 Å². The standard InChI is InChI=1S/C15H25FN2/c1-5-10-17-12(2)11-18(4)13(3)14-8-6-7-9-15(14)16/h6-9,12-13,17H,5,10-11H2,1-4H3. The summed E-state index contributed by atoms with van der Waals surface area (Å²) in [5.41, 5.74) is 0.766. The fourth-order valence-electron chi connectivity index (χ4n) is 2.10. The van der Waals surface area contributed by atoms with E-state index in [1.807, 2.05) is 26.1 Å². The Hall–Kier alpha value is -0.930. The monoisotopic (exact) mass is 252 g/mol. The first-order valence-corrected chi connectivity index (χ1v) is 6.74. The Morgan fingerprint density at radius 3 is 2.56 bits per heavy atom. The Kier molecular flexibility index (Phi) is 6.30. The molecule has 0 aliphatic heterocycles. The van der Waals surface area contributed by atoms with Gasteiger partial charge in [-0.15, -0.1) is 0 Å². The number of benzene rings is 1. The van der Waals surface area contributed by atoms with Gasteiger partial charge in [-0.3, -0.25) is 4.90 Å². The van der Waals surface area contributed by atoms with Crippen LogP contribution < -0.4 is 5.32 Å². The van der Waals surface area contributed by atoms with E-state index >= 15 is 0 Å². The maximum absolute atomic E-state index is 13.7. The molecule has 2 atom stereocenters. The van der Waals surface area contributed by atoms with Crippen LogP contribution in [-0.4, -0.2) is 31.1 Å². The van der Waals surface area contributed by atoms with Gasteiger partial charge in [-0.05, 0) is 39.9 Å². The summed E-state index contributed by atoms with van der Waals surface area (Å²) in [5, 5.41) is 3.45. The average Bonchev–Trinajstić information content (AvgIpc) is 2.36. The van der Waals surface area contributed by atoms with Gasteiger partial charge in [-0.1, -0.05) is 25.1 Å². The summed E-state index contributed by atoms with van der Waals surface area (Å²) in [7, 11) is 2.04. The second-order valence-electron chi connectivity index (χ2n) is 4.99. The van der Waals surface area contributed by atoms with E-state index < -0.39 is 0 Å². The number of hydrogen-bond donors (Lipinski definition) is 1. The minimum Gasteiger partial charge on any atom is -0.313 e. The van der Waals surface area contributed by atoms with Crippen molar-refractivity contribution in [2.75, 3.05) is 20.1 Å². The molecule has 1 aromatic carbocycles. The molecule has 0 bridgehead atoms. The number of rotatable bonds is 7. The van der Waals surface area contributed by atoms with Gasteiger partial charge in [-0.25, -0.2) is 4.39 Å². The minimum atomic E-state index is -0.119. The third kappa shape index (κ3) is 4.39. The summed E-state index contributed by atoms with van der Waals surface area (Å²) in [5.74, 6) is -0.119. The van der Waals surface area contributed by atoms with Gasteiger partial charge in [0.05, 0.1) is 0 Å². The van der Waals surface area contributed by atoms with E-state index in [9.17, 15) is 4.39 Å². The largest absolute Gasteiger partial charge is 0.313 e. The van der Waals surface area contributed by atoms with Crippen molar-refractivity contribution in [2.24, 2.45) is 0 Å². The molecule has 0 radical (unpaired) electrons. The first-order valence-electron chi connectivity index (χ1n) is 6.74. The van der Waals surface area contributed by atoms with Gasteiger partial charge in [0.15, 0.2) is 0 Å². The minimum absolute atomic E-state index is 0.0945. The lowest BCUT2D eigenvalue weighted by molar-refractivity contribution is 0.232. The zero-order valence-corrected chi connectivity index (χ0v) is 11.9. The zero-order valence-electron chi connectivity index (χ0n) is 11.9. The summed E-state index contributed by atoms with van der Waals surface area (Å²) in [4.78, 5) is 2.19. The molecule has 1 aromatic rings. The van der Waals surface area contributed by atoms with E-state index in [1.165, 1.54) is 6.07 Å². The lowest BCUT2D eigenvalue weighted by Gasteiger charge is -2.28. The Labute approximate surface area is 110 Å². The fraction of sp³-hybridized carbons (Fsp3) is 0.600. The number of nitrogens with zero attached hydrogens (tertiary/aromatic N) is 1. The number of halogens is 1. The molecule has 0 amide bonds. The van der Waals surface area contributed by atoms with E-state index in [-0.39, 0.29) is 11.9 Å². The van der Waals surface area contributed by atoms with Crippen molar-refractivity contribution >= 4 is 0 Å². The van der Waals surface area contributed by atoms with Crippen LogP contribution in [0.1, 0.15) is 38.8 Å². The van der Waals surface area contributed by atoms with Gasteiger partial charge >= 0.3 is 0 Å². The number of hydrogen-bond acceptors (Lipinski definition) is 2. The second kappa shape index (κ2) is 7.49. The van der Waals surface area contributed by atoms with Crippen LogP contribution in [0, 0.1) is 5.82 Å². The Morgan fingerprint density at radius 2 is 1.94 bits per heavy atom. The first kappa shape index (κ1) is 15.1. The highest BCUT2D eigenvalue weighted by molar-refractivity contribution is 5.20. The smallest absolute Gasteiger partial charge is 0.127 e. The molecule has 1 N–H and O–H groups in total. The lowest BCUT2D eigenvalue weighted by atomic mass is 10.1. The molecule has 0 spiro atoms. The number of nitrogens with one attached hydrogen (secondary N) is 1. The zero-order chi connectivity index (χ0) is 13.5. The number of likely N-dealkylation sites (N-methyl/N-ethyl adjacent to an activating group) is 1. The maximum Gasteiger partial charge on any atom is 0.127 e. The summed E-state index contributed by atoms with van der Waals surface area (Å²) in [6.45, 7) is 8.31.